The summed E-state index contributed by atoms with van der Waals surface area (Å²) in [5.74, 6) is 0.112. The molecule has 1 heterocycles. The van der Waals surface area contributed by atoms with Crippen molar-refractivity contribution in [3.63, 3.8) is 0 Å². The maximum absolute atomic E-state index is 12.7. The van der Waals surface area contributed by atoms with Crippen LogP contribution in [0.1, 0.15) is 47.3 Å². The molecule has 3 rings (SSSR count). The van der Waals surface area contributed by atoms with Gasteiger partial charge in [0, 0.05) is 10.6 Å². The molecule has 2 nitrogen and oxygen atoms in total. The second-order valence-corrected chi connectivity index (χ2v) is 7.20. The molecule has 118 valence electrons. The number of fused-ring (bicyclic) bond motifs is 1. The van der Waals surface area contributed by atoms with Gasteiger partial charge in [0.25, 0.3) is 0 Å². The molecule has 0 amide bonds. The quantitative estimate of drug-likeness (QED) is 0.726. The lowest BCUT2D eigenvalue weighted by Gasteiger charge is -2.29. The average Bonchev–Trinajstić information content (AvgIpc) is 2.45. The van der Waals surface area contributed by atoms with Crippen LogP contribution in [0.15, 0.2) is 47.5 Å². The molecule has 0 aliphatic carbocycles. The summed E-state index contributed by atoms with van der Waals surface area (Å²) in [6.07, 6.45) is 1.16. The second-order valence-electron chi connectivity index (χ2n) is 6.76. The van der Waals surface area contributed by atoms with Crippen LogP contribution in [-0.4, -0.2) is 17.0 Å². The summed E-state index contributed by atoms with van der Waals surface area (Å²) in [6, 6.07) is 13.5. The number of hydrogen-bond donors (Lipinski definition) is 0. The lowest BCUT2D eigenvalue weighted by Crippen LogP contribution is -2.30. The standard InChI is InChI=1S/C20H20ClNO/c1-13-6-4-5-7-16(13)19(23)11-18-17-9-8-15(21)10-14(17)12-20(2,3)22-18/h4-10H,11-12H2,1-3H3. The van der Waals surface area contributed by atoms with Gasteiger partial charge >= 0.3 is 0 Å². The van der Waals surface area contributed by atoms with E-state index in [1.165, 1.54) is 5.56 Å². The van der Waals surface area contributed by atoms with Gasteiger partial charge in [-0.1, -0.05) is 41.9 Å². The van der Waals surface area contributed by atoms with Crippen LogP contribution in [0.25, 0.3) is 0 Å². The summed E-state index contributed by atoms with van der Waals surface area (Å²) < 4.78 is 0. The molecular weight excluding hydrogens is 306 g/mol. The summed E-state index contributed by atoms with van der Waals surface area (Å²) in [5.41, 5.74) is 4.65. The monoisotopic (exact) mass is 325 g/mol. The molecule has 2 aromatic carbocycles. The average molecular weight is 326 g/mol. The van der Waals surface area contributed by atoms with Gasteiger partial charge in [-0.15, -0.1) is 0 Å². The van der Waals surface area contributed by atoms with E-state index in [9.17, 15) is 4.79 Å². The maximum atomic E-state index is 12.7. The first kappa shape index (κ1) is 15.9. The fourth-order valence-corrected chi connectivity index (χ4v) is 3.38. The molecule has 2 aromatic rings. The Hall–Kier alpha value is -1.93. The minimum atomic E-state index is -0.209. The van der Waals surface area contributed by atoms with E-state index in [0.717, 1.165) is 33.8 Å². The fraction of sp³-hybridized carbons (Fsp3) is 0.300. The third-order valence-electron chi connectivity index (χ3n) is 4.21. The van der Waals surface area contributed by atoms with E-state index in [0.29, 0.717) is 6.42 Å². The topological polar surface area (TPSA) is 29.4 Å². The Kier molecular flexibility index (Phi) is 4.11. The highest BCUT2D eigenvalue weighted by molar-refractivity contribution is 6.31. The van der Waals surface area contributed by atoms with Crippen molar-refractivity contribution in [2.45, 2.75) is 39.2 Å². The molecule has 1 aliphatic rings. The smallest absolute Gasteiger partial charge is 0.169 e. The van der Waals surface area contributed by atoms with Gasteiger partial charge in [-0.05, 0) is 56.0 Å². The third-order valence-corrected chi connectivity index (χ3v) is 4.45. The van der Waals surface area contributed by atoms with Gasteiger partial charge in [0.1, 0.15) is 0 Å². The molecule has 23 heavy (non-hydrogen) atoms. The van der Waals surface area contributed by atoms with Crippen molar-refractivity contribution in [1.82, 2.24) is 0 Å². The number of aliphatic imine (C=N–C) groups is 1. The van der Waals surface area contributed by atoms with Crippen LogP contribution in [0.2, 0.25) is 5.02 Å². The molecule has 0 bridgehead atoms. The maximum Gasteiger partial charge on any atom is 0.169 e. The van der Waals surface area contributed by atoms with Gasteiger partial charge < -0.3 is 0 Å². The summed E-state index contributed by atoms with van der Waals surface area (Å²) in [4.78, 5) is 17.5. The van der Waals surface area contributed by atoms with Crippen LogP contribution in [0.5, 0.6) is 0 Å². The lowest BCUT2D eigenvalue weighted by atomic mass is 9.85. The van der Waals surface area contributed by atoms with Crippen LogP contribution in [0, 0.1) is 6.92 Å². The van der Waals surface area contributed by atoms with Gasteiger partial charge in [-0.25, -0.2) is 0 Å². The van der Waals surface area contributed by atoms with Crippen molar-refractivity contribution in [2.24, 2.45) is 4.99 Å². The summed E-state index contributed by atoms with van der Waals surface area (Å²) in [6.45, 7) is 6.15. The van der Waals surface area contributed by atoms with Crippen molar-refractivity contribution in [2.75, 3.05) is 0 Å². The number of hydrogen-bond acceptors (Lipinski definition) is 2. The number of nitrogens with zero attached hydrogens (tertiary/aromatic N) is 1. The number of rotatable bonds is 3. The van der Waals surface area contributed by atoms with Crippen LogP contribution < -0.4 is 0 Å². The number of halogens is 1. The predicted octanol–water partition coefficient (Wildman–Crippen LogP) is 5.05. The second kappa shape index (κ2) is 5.93. The van der Waals surface area contributed by atoms with Gasteiger partial charge in [0.15, 0.2) is 5.78 Å². The molecule has 0 saturated carbocycles. The molecular formula is C20H20ClNO. The zero-order valence-corrected chi connectivity index (χ0v) is 14.4. The minimum Gasteiger partial charge on any atom is -0.294 e. The predicted molar refractivity (Wildman–Crippen MR) is 95.9 cm³/mol. The Bertz CT molecular complexity index is 805. The van der Waals surface area contributed by atoms with Crippen molar-refractivity contribution in [1.29, 1.82) is 0 Å². The number of carbonyl (C=O) groups is 1. The van der Waals surface area contributed by atoms with E-state index in [1.807, 2.05) is 49.4 Å². The first-order chi connectivity index (χ1) is 10.9. The Balaban J connectivity index is 1.97. The van der Waals surface area contributed by atoms with E-state index in [1.54, 1.807) is 0 Å². The Morgan fingerprint density at radius 1 is 1.22 bits per heavy atom. The summed E-state index contributed by atoms with van der Waals surface area (Å²) in [5, 5.41) is 0.728. The van der Waals surface area contributed by atoms with Crippen molar-refractivity contribution >= 4 is 23.1 Å². The van der Waals surface area contributed by atoms with Gasteiger partial charge in [0.05, 0.1) is 17.7 Å². The van der Waals surface area contributed by atoms with E-state index in [-0.39, 0.29) is 11.3 Å². The van der Waals surface area contributed by atoms with Gasteiger partial charge in [0.2, 0.25) is 0 Å². The molecule has 0 aromatic heterocycles. The number of ketones is 1. The van der Waals surface area contributed by atoms with E-state index in [4.69, 9.17) is 16.6 Å². The SMILES string of the molecule is Cc1ccccc1C(=O)CC1=NC(C)(C)Cc2cc(Cl)ccc21. The molecule has 0 radical (unpaired) electrons. The fourth-order valence-electron chi connectivity index (χ4n) is 3.19. The Labute approximate surface area is 142 Å². The Morgan fingerprint density at radius 2 is 1.96 bits per heavy atom. The molecule has 3 heteroatoms. The first-order valence-corrected chi connectivity index (χ1v) is 8.20. The van der Waals surface area contributed by atoms with E-state index in [2.05, 4.69) is 13.8 Å². The van der Waals surface area contributed by atoms with Gasteiger partial charge in [-0.2, -0.15) is 0 Å². The van der Waals surface area contributed by atoms with E-state index < -0.39 is 0 Å². The number of benzene rings is 2. The molecule has 0 fully saturated rings. The van der Waals surface area contributed by atoms with Crippen molar-refractivity contribution < 1.29 is 4.79 Å². The first-order valence-electron chi connectivity index (χ1n) is 7.82. The molecule has 0 unspecified atom stereocenters. The molecule has 0 atom stereocenters. The zero-order chi connectivity index (χ0) is 16.6. The molecule has 0 N–H and O–H groups in total. The normalized spacial score (nSPS) is 15.7. The van der Waals surface area contributed by atoms with Crippen LogP contribution in [0.3, 0.4) is 0 Å². The highest BCUT2D eigenvalue weighted by atomic mass is 35.5. The third kappa shape index (κ3) is 3.37. The molecule has 1 aliphatic heterocycles. The highest BCUT2D eigenvalue weighted by Crippen LogP contribution is 2.30. The highest BCUT2D eigenvalue weighted by Gasteiger charge is 2.28. The van der Waals surface area contributed by atoms with Crippen molar-refractivity contribution in [3.8, 4) is 0 Å². The zero-order valence-electron chi connectivity index (χ0n) is 13.7. The largest absolute Gasteiger partial charge is 0.294 e. The van der Waals surface area contributed by atoms with Crippen molar-refractivity contribution in [3.05, 3.63) is 69.7 Å². The minimum absolute atomic E-state index is 0.112. The summed E-state index contributed by atoms with van der Waals surface area (Å²) >= 11 is 6.13. The molecule has 0 saturated heterocycles. The van der Waals surface area contributed by atoms with Crippen LogP contribution in [-0.2, 0) is 6.42 Å². The summed E-state index contributed by atoms with van der Waals surface area (Å²) in [7, 11) is 0. The number of aryl methyl sites for hydroxylation is 1. The number of carbonyl (C=O) groups excluding carboxylic acids is 1. The number of Topliss-reactive ketones (excluding diaryl/α,β-unsaturated/α-hetero) is 1. The van der Waals surface area contributed by atoms with Crippen LogP contribution in [0.4, 0.5) is 0 Å². The Morgan fingerprint density at radius 3 is 2.70 bits per heavy atom. The molecule has 0 spiro atoms. The van der Waals surface area contributed by atoms with E-state index >= 15 is 0 Å². The van der Waals surface area contributed by atoms with Crippen LogP contribution >= 0.6 is 11.6 Å². The lowest BCUT2D eigenvalue weighted by molar-refractivity contribution is 0.1000. The van der Waals surface area contributed by atoms with Gasteiger partial charge in [-0.3, -0.25) is 9.79 Å².